The number of pyridine rings is 1. The van der Waals surface area contributed by atoms with Crippen LogP contribution in [0.4, 0.5) is 0 Å². The fraction of sp³-hybridized carbons (Fsp3) is 0.364. The third-order valence-corrected chi connectivity index (χ3v) is 3.35. The topological polar surface area (TPSA) is 76.7 Å². The highest BCUT2D eigenvalue weighted by atomic mass is 32.1. The van der Waals surface area contributed by atoms with Gasteiger partial charge in [0.25, 0.3) is 0 Å². The van der Waals surface area contributed by atoms with Gasteiger partial charge in [0, 0.05) is 12.4 Å². The predicted molar refractivity (Wildman–Crippen MR) is 67.3 cm³/mol. The number of aromatic nitrogens is 3. The van der Waals surface area contributed by atoms with Gasteiger partial charge >= 0.3 is 0 Å². The van der Waals surface area contributed by atoms with Crippen molar-refractivity contribution in [2.24, 2.45) is 5.84 Å². The molecule has 6 heteroatoms. The van der Waals surface area contributed by atoms with Crippen molar-refractivity contribution in [3.63, 3.8) is 0 Å². The van der Waals surface area contributed by atoms with Crippen LogP contribution in [-0.4, -0.2) is 14.6 Å². The highest BCUT2D eigenvalue weighted by Gasteiger charge is 2.19. The van der Waals surface area contributed by atoms with Crippen LogP contribution in [0.1, 0.15) is 35.5 Å². The van der Waals surface area contributed by atoms with Gasteiger partial charge in [-0.2, -0.15) is 0 Å². The molecule has 0 bridgehead atoms. The Bertz CT molecular complexity index is 456. The molecular formula is C11H15N5S. The van der Waals surface area contributed by atoms with Gasteiger partial charge in [0.1, 0.15) is 0 Å². The molecule has 0 aliphatic heterocycles. The maximum atomic E-state index is 5.63. The van der Waals surface area contributed by atoms with E-state index in [1.54, 1.807) is 12.4 Å². The Morgan fingerprint density at radius 1 is 1.53 bits per heavy atom. The summed E-state index contributed by atoms with van der Waals surface area (Å²) in [6.07, 6.45) is 5.52. The maximum absolute atomic E-state index is 5.63. The normalized spacial score (nSPS) is 12.6. The molecule has 17 heavy (non-hydrogen) atoms. The van der Waals surface area contributed by atoms with Crippen LogP contribution in [0.5, 0.6) is 0 Å². The molecule has 0 saturated carbocycles. The van der Waals surface area contributed by atoms with Crippen molar-refractivity contribution in [1.82, 2.24) is 20.0 Å². The van der Waals surface area contributed by atoms with Gasteiger partial charge in [-0.25, -0.2) is 5.43 Å². The van der Waals surface area contributed by atoms with Crippen LogP contribution in [0.2, 0.25) is 0 Å². The summed E-state index contributed by atoms with van der Waals surface area (Å²) in [4.78, 5) is 5.18. The van der Waals surface area contributed by atoms with E-state index in [1.807, 2.05) is 12.1 Å². The Kier molecular flexibility index (Phi) is 4.13. The first-order valence-corrected chi connectivity index (χ1v) is 6.31. The monoisotopic (exact) mass is 249 g/mol. The zero-order chi connectivity index (χ0) is 12.1. The molecule has 2 aromatic heterocycles. The van der Waals surface area contributed by atoms with Crippen molar-refractivity contribution >= 4 is 11.5 Å². The lowest BCUT2D eigenvalue weighted by Gasteiger charge is -2.14. The zero-order valence-corrected chi connectivity index (χ0v) is 10.4. The van der Waals surface area contributed by atoms with Gasteiger partial charge < -0.3 is 0 Å². The fourth-order valence-corrected chi connectivity index (χ4v) is 2.50. The van der Waals surface area contributed by atoms with Gasteiger partial charge in [0.05, 0.1) is 16.6 Å². The maximum Gasteiger partial charge on any atom is 0.0852 e. The van der Waals surface area contributed by atoms with Gasteiger partial charge in [-0.05, 0) is 29.6 Å². The van der Waals surface area contributed by atoms with E-state index < -0.39 is 0 Å². The predicted octanol–water partition coefficient (Wildman–Crippen LogP) is 1.44. The molecule has 0 aliphatic rings. The number of rotatable bonds is 5. The molecule has 2 heterocycles. The van der Waals surface area contributed by atoms with Gasteiger partial charge in [0.2, 0.25) is 0 Å². The third kappa shape index (κ3) is 2.66. The van der Waals surface area contributed by atoms with Gasteiger partial charge in [-0.1, -0.05) is 23.9 Å². The van der Waals surface area contributed by atoms with E-state index in [2.05, 4.69) is 26.9 Å². The first-order valence-electron chi connectivity index (χ1n) is 5.54. The molecule has 0 spiro atoms. The standard InChI is InChI=1S/C11H15N5S/c1-2-4-9-11(17-16-15-9)10(14-12)8-5-3-6-13-7-8/h3,5-7,10,14H,2,4,12H2,1H3. The number of hydrogen-bond donors (Lipinski definition) is 2. The number of nitrogens with two attached hydrogens (primary N) is 1. The van der Waals surface area contributed by atoms with Crippen molar-refractivity contribution < 1.29 is 0 Å². The van der Waals surface area contributed by atoms with Gasteiger partial charge in [-0.3, -0.25) is 10.8 Å². The summed E-state index contributed by atoms with van der Waals surface area (Å²) in [6.45, 7) is 2.12. The quantitative estimate of drug-likeness (QED) is 0.619. The molecular weight excluding hydrogens is 234 g/mol. The van der Waals surface area contributed by atoms with E-state index in [1.165, 1.54) is 11.5 Å². The molecule has 90 valence electrons. The number of aryl methyl sites for hydroxylation is 1. The molecule has 0 fully saturated rings. The van der Waals surface area contributed by atoms with Crippen LogP contribution >= 0.6 is 11.5 Å². The molecule has 5 nitrogen and oxygen atoms in total. The van der Waals surface area contributed by atoms with Crippen molar-refractivity contribution in [2.45, 2.75) is 25.8 Å². The summed E-state index contributed by atoms with van der Waals surface area (Å²) in [5, 5.41) is 4.15. The minimum Gasteiger partial charge on any atom is -0.271 e. The second kappa shape index (κ2) is 5.81. The van der Waals surface area contributed by atoms with Crippen LogP contribution in [-0.2, 0) is 6.42 Å². The largest absolute Gasteiger partial charge is 0.271 e. The first-order chi connectivity index (χ1) is 8.36. The lowest BCUT2D eigenvalue weighted by molar-refractivity contribution is 0.634. The summed E-state index contributed by atoms with van der Waals surface area (Å²) in [5.74, 6) is 5.63. The molecule has 0 amide bonds. The van der Waals surface area contributed by atoms with Crippen molar-refractivity contribution in [3.8, 4) is 0 Å². The lowest BCUT2D eigenvalue weighted by Crippen LogP contribution is -2.29. The molecule has 2 aromatic rings. The fourth-order valence-electron chi connectivity index (χ4n) is 1.71. The van der Waals surface area contributed by atoms with E-state index in [4.69, 9.17) is 5.84 Å². The molecule has 0 aliphatic carbocycles. The number of hydrogen-bond acceptors (Lipinski definition) is 6. The Hall–Kier alpha value is -1.37. The number of nitrogens with zero attached hydrogens (tertiary/aromatic N) is 3. The summed E-state index contributed by atoms with van der Waals surface area (Å²) in [7, 11) is 0. The highest BCUT2D eigenvalue weighted by Crippen LogP contribution is 2.26. The molecule has 0 radical (unpaired) electrons. The molecule has 1 unspecified atom stereocenters. The zero-order valence-electron chi connectivity index (χ0n) is 9.63. The molecule has 0 aromatic carbocycles. The molecule has 1 atom stereocenters. The average molecular weight is 249 g/mol. The van der Waals surface area contributed by atoms with Crippen molar-refractivity contribution in [2.75, 3.05) is 0 Å². The Balaban J connectivity index is 2.32. The molecule has 0 saturated heterocycles. The van der Waals surface area contributed by atoms with Gasteiger partial charge in [-0.15, -0.1) is 5.10 Å². The average Bonchev–Trinajstić information content (AvgIpc) is 2.81. The van der Waals surface area contributed by atoms with Crippen LogP contribution in [0, 0.1) is 0 Å². The Morgan fingerprint density at radius 3 is 3.06 bits per heavy atom. The lowest BCUT2D eigenvalue weighted by atomic mass is 10.1. The molecule has 2 rings (SSSR count). The van der Waals surface area contributed by atoms with Crippen LogP contribution in [0.3, 0.4) is 0 Å². The minimum absolute atomic E-state index is 0.0785. The summed E-state index contributed by atoms with van der Waals surface area (Å²) in [5.41, 5.74) is 4.85. The minimum atomic E-state index is -0.0785. The summed E-state index contributed by atoms with van der Waals surface area (Å²) in [6, 6.07) is 3.81. The smallest absolute Gasteiger partial charge is 0.0852 e. The summed E-state index contributed by atoms with van der Waals surface area (Å²) >= 11 is 1.39. The second-order valence-electron chi connectivity index (χ2n) is 3.72. The van der Waals surface area contributed by atoms with Crippen LogP contribution < -0.4 is 11.3 Å². The van der Waals surface area contributed by atoms with Crippen LogP contribution in [0.15, 0.2) is 24.5 Å². The Morgan fingerprint density at radius 2 is 2.41 bits per heavy atom. The SMILES string of the molecule is CCCc1nnsc1C(NN)c1cccnc1. The third-order valence-electron chi connectivity index (χ3n) is 2.52. The van der Waals surface area contributed by atoms with Crippen LogP contribution in [0.25, 0.3) is 0 Å². The van der Waals surface area contributed by atoms with E-state index >= 15 is 0 Å². The second-order valence-corrected chi connectivity index (χ2v) is 4.51. The highest BCUT2D eigenvalue weighted by molar-refractivity contribution is 7.05. The first kappa shape index (κ1) is 12.1. The van der Waals surface area contributed by atoms with E-state index in [0.717, 1.165) is 29.0 Å². The van der Waals surface area contributed by atoms with Gasteiger partial charge in [0.15, 0.2) is 0 Å². The summed E-state index contributed by atoms with van der Waals surface area (Å²) < 4.78 is 4.01. The van der Waals surface area contributed by atoms with E-state index in [9.17, 15) is 0 Å². The molecule has 3 N–H and O–H groups in total. The number of hydrazine groups is 1. The van der Waals surface area contributed by atoms with E-state index in [0.29, 0.717) is 0 Å². The van der Waals surface area contributed by atoms with Crippen molar-refractivity contribution in [3.05, 3.63) is 40.7 Å². The Labute approximate surface area is 104 Å². The van der Waals surface area contributed by atoms with E-state index in [-0.39, 0.29) is 6.04 Å². The van der Waals surface area contributed by atoms with Crippen molar-refractivity contribution in [1.29, 1.82) is 0 Å². The number of nitrogens with one attached hydrogen (secondary N) is 1.